The molecule has 140 valence electrons. The lowest BCUT2D eigenvalue weighted by atomic mass is 10.1. The lowest BCUT2D eigenvalue weighted by Gasteiger charge is -2.09. The summed E-state index contributed by atoms with van der Waals surface area (Å²) in [5.41, 5.74) is 0.431. The van der Waals surface area contributed by atoms with Gasteiger partial charge in [0.2, 0.25) is 0 Å². The van der Waals surface area contributed by atoms with Gasteiger partial charge >= 0.3 is 6.18 Å². The first kappa shape index (κ1) is 18.6. The molecule has 0 spiro atoms. The minimum Gasteiger partial charge on any atom is -0.318 e. The lowest BCUT2D eigenvalue weighted by Crippen LogP contribution is -2.17. The Kier molecular flexibility index (Phi) is 4.98. The Bertz CT molecular complexity index is 949. The van der Waals surface area contributed by atoms with E-state index in [-0.39, 0.29) is 11.6 Å². The minimum absolute atomic E-state index is 0.000249. The van der Waals surface area contributed by atoms with Crippen LogP contribution in [0.15, 0.2) is 54.7 Å². The quantitative estimate of drug-likeness (QED) is 0.722. The molecule has 0 fully saturated rings. The number of rotatable bonds is 4. The molecule has 0 saturated heterocycles. The zero-order chi connectivity index (χ0) is 19.6. The van der Waals surface area contributed by atoms with Crippen LogP contribution in [-0.2, 0) is 6.18 Å². The Balaban J connectivity index is 1.91. The van der Waals surface area contributed by atoms with Crippen LogP contribution in [0.4, 0.5) is 18.9 Å². The molecular formula is C19H17F3N4O. The molecule has 0 aliphatic carbocycles. The third-order valence-electron chi connectivity index (χ3n) is 3.83. The van der Waals surface area contributed by atoms with E-state index in [4.69, 9.17) is 0 Å². The molecule has 0 aliphatic heterocycles. The highest BCUT2D eigenvalue weighted by molar-refractivity contribution is 6.03. The maximum Gasteiger partial charge on any atom is 0.433 e. The van der Waals surface area contributed by atoms with Crippen molar-refractivity contribution in [3.63, 3.8) is 0 Å². The number of aromatic nitrogens is 3. The van der Waals surface area contributed by atoms with Crippen LogP contribution >= 0.6 is 0 Å². The van der Waals surface area contributed by atoms with Gasteiger partial charge in [-0.1, -0.05) is 38.1 Å². The number of hydrogen-bond acceptors (Lipinski definition) is 3. The molecule has 27 heavy (non-hydrogen) atoms. The average Bonchev–Trinajstić information content (AvgIpc) is 3.06. The topological polar surface area (TPSA) is 59.8 Å². The van der Waals surface area contributed by atoms with Crippen molar-refractivity contribution in [3.8, 4) is 5.69 Å². The van der Waals surface area contributed by atoms with Crippen molar-refractivity contribution >= 4 is 11.6 Å². The second-order valence-electron chi connectivity index (χ2n) is 6.22. The van der Waals surface area contributed by atoms with Crippen molar-refractivity contribution < 1.29 is 18.0 Å². The number of anilines is 1. The molecule has 0 saturated carbocycles. The standard InChI is InChI=1S/C19H17F3N4O/c1-12(2)17-15(11-26(25-17)13-7-4-3-5-8-13)24-18(27)14-9-6-10-16(23-14)19(20,21)22/h3-12H,1-2H3,(H,24,27). The summed E-state index contributed by atoms with van der Waals surface area (Å²) in [5.74, 6) is -0.727. The Labute approximate surface area is 153 Å². The number of para-hydroxylation sites is 1. The zero-order valence-corrected chi connectivity index (χ0v) is 14.7. The summed E-state index contributed by atoms with van der Waals surface area (Å²) in [6.45, 7) is 3.83. The van der Waals surface area contributed by atoms with Crippen LogP contribution in [0.25, 0.3) is 5.69 Å². The number of pyridine rings is 1. The molecule has 1 amide bonds. The molecule has 0 bridgehead atoms. The molecule has 5 nitrogen and oxygen atoms in total. The van der Waals surface area contributed by atoms with Gasteiger partial charge in [-0.25, -0.2) is 9.67 Å². The van der Waals surface area contributed by atoms with Gasteiger partial charge < -0.3 is 5.32 Å². The number of alkyl halides is 3. The van der Waals surface area contributed by atoms with Crippen LogP contribution in [0.3, 0.4) is 0 Å². The number of hydrogen-bond donors (Lipinski definition) is 1. The smallest absolute Gasteiger partial charge is 0.318 e. The van der Waals surface area contributed by atoms with Crippen LogP contribution < -0.4 is 5.32 Å². The maximum absolute atomic E-state index is 12.8. The molecule has 0 unspecified atom stereocenters. The molecular weight excluding hydrogens is 357 g/mol. The van der Waals surface area contributed by atoms with E-state index in [2.05, 4.69) is 15.4 Å². The van der Waals surface area contributed by atoms with Gasteiger partial charge in [-0.05, 0) is 30.2 Å². The van der Waals surface area contributed by atoms with E-state index in [0.29, 0.717) is 11.4 Å². The van der Waals surface area contributed by atoms with Gasteiger partial charge in [-0.15, -0.1) is 0 Å². The molecule has 2 aromatic heterocycles. The van der Waals surface area contributed by atoms with E-state index < -0.39 is 17.8 Å². The van der Waals surface area contributed by atoms with E-state index in [0.717, 1.165) is 17.8 Å². The fourth-order valence-corrected chi connectivity index (χ4v) is 2.53. The number of carbonyl (C=O) groups excluding carboxylic acids is 1. The van der Waals surface area contributed by atoms with Crippen LogP contribution in [0.2, 0.25) is 0 Å². The Morgan fingerprint density at radius 3 is 2.41 bits per heavy atom. The van der Waals surface area contributed by atoms with Crippen molar-refractivity contribution in [2.24, 2.45) is 0 Å². The molecule has 3 aromatic rings. The van der Waals surface area contributed by atoms with Crippen molar-refractivity contribution in [3.05, 3.63) is 71.8 Å². The van der Waals surface area contributed by atoms with E-state index >= 15 is 0 Å². The number of nitrogens with zero attached hydrogens (tertiary/aromatic N) is 3. The number of carbonyl (C=O) groups is 1. The SMILES string of the molecule is CC(C)c1nn(-c2ccccc2)cc1NC(=O)c1cccc(C(F)(F)F)n1. The second-order valence-corrected chi connectivity index (χ2v) is 6.22. The fourth-order valence-electron chi connectivity index (χ4n) is 2.53. The summed E-state index contributed by atoms with van der Waals surface area (Å²) in [5, 5.41) is 7.11. The fraction of sp³-hybridized carbons (Fsp3) is 0.211. The van der Waals surface area contributed by atoms with Gasteiger partial charge in [-0.3, -0.25) is 4.79 Å². The summed E-state index contributed by atoms with van der Waals surface area (Å²) in [6, 6.07) is 12.5. The van der Waals surface area contributed by atoms with Gasteiger partial charge in [0.1, 0.15) is 11.4 Å². The molecule has 3 rings (SSSR count). The van der Waals surface area contributed by atoms with Crippen molar-refractivity contribution in [1.82, 2.24) is 14.8 Å². The third kappa shape index (κ3) is 4.16. The minimum atomic E-state index is -4.61. The summed E-state index contributed by atoms with van der Waals surface area (Å²) >= 11 is 0. The number of benzene rings is 1. The van der Waals surface area contributed by atoms with Gasteiger partial charge in [-0.2, -0.15) is 18.3 Å². The normalized spacial score (nSPS) is 11.6. The largest absolute Gasteiger partial charge is 0.433 e. The monoisotopic (exact) mass is 374 g/mol. The predicted molar refractivity (Wildman–Crippen MR) is 94.8 cm³/mol. The molecule has 0 atom stereocenters. The average molecular weight is 374 g/mol. The summed E-state index contributed by atoms with van der Waals surface area (Å²) in [4.78, 5) is 15.9. The van der Waals surface area contributed by atoms with Gasteiger partial charge in [0.05, 0.1) is 23.3 Å². The number of amides is 1. The highest BCUT2D eigenvalue weighted by atomic mass is 19.4. The highest BCUT2D eigenvalue weighted by Crippen LogP contribution is 2.28. The van der Waals surface area contributed by atoms with Crippen LogP contribution in [0, 0.1) is 0 Å². The van der Waals surface area contributed by atoms with Gasteiger partial charge in [0.15, 0.2) is 0 Å². The highest BCUT2D eigenvalue weighted by Gasteiger charge is 2.33. The number of halogens is 3. The van der Waals surface area contributed by atoms with Crippen molar-refractivity contribution in [2.45, 2.75) is 25.9 Å². The van der Waals surface area contributed by atoms with Crippen molar-refractivity contribution in [1.29, 1.82) is 0 Å². The molecule has 2 heterocycles. The molecule has 8 heteroatoms. The first-order chi connectivity index (χ1) is 12.8. The summed E-state index contributed by atoms with van der Waals surface area (Å²) in [6.07, 6.45) is -2.98. The third-order valence-corrected chi connectivity index (χ3v) is 3.83. The van der Waals surface area contributed by atoms with Crippen LogP contribution in [0.1, 0.15) is 41.6 Å². The summed E-state index contributed by atoms with van der Waals surface area (Å²) in [7, 11) is 0. The predicted octanol–water partition coefficient (Wildman–Crippen LogP) is 4.66. The molecule has 0 radical (unpaired) electrons. The Hall–Kier alpha value is -3.16. The summed E-state index contributed by atoms with van der Waals surface area (Å²) < 4.78 is 40.1. The second kappa shape index (κ2) is 7.22. The van der Waals surface area contributed by atoms with Crippen molar-refractivity contribution in [2.75, 3.05) is 5.32 Å². The van der Waals surface area contributed by atoms with E-state index in [1.807, 2.05) is 44.2 Å². The molecule has 0 aliphatic rings. The van der Waals surface area contributed by atoms with E-state index in [1.54, 1.807) is 10.9 Å². The van der Waals surface area contributed by atoms with Crippen LogP contribution in [0.5, 0.6) is 0 Å². The number of nitrogens with one attached hydrogen (secondary N) is 1. The Morgan fingerprint density at radius 1 is 1.07 bits per heavy atom. The zero-order valence-electron chi connectivity index (χ0n) is 14.7. The van der Waals surface area contributed by atoms with E-state index in [1.165, 1.54) is 6.07 Å². The van der Waals surface area contributed by atoms with Gasteiger partial charge in [0, 0.05) is 0 Å². The van der Waals surface area contributed by atoms with Crippen LogP contribution in [-0.4, -0.2) is 20.7 Å². The Morgan fingerprint density at radius 2 is 1.78 bits per heavy atom. The first-order valence-electron chi connectivity index (χ1n) is 8.26. The maximum atomic E-state index is 12.8. The molecule has 1 aromatic carbocycles. The lowest BCUT2D eigenvalue weighted by molar-refractivity contribution is -0.141. The van der Waals surface area contributed by atoms with E-state index in [9.17, 15) is 18.0 Å². The first-order valence-corrected chi connectivity index (χ1v) is 8.26. The molecule has 1 N–H and O–H groups in total. The van der Waals surface area contributed by atoms with Gasteiger partial charge in [0.25, 0.3) is 5.91 Å².